The molecule has 1 fully saturated rings. The van der Waals surface area contributed by atoms with Gasteiger partial charge in [-0.05, 0) is 67.3 Å². The molecule has 1 amide bonds. The van der Waals surface area contributed by atoms with Crippen molar-refractivity contribution in [2.45, 2.75) is 51.0 Å². The van der Waals surface area contributed by atoms with Gasteiger partial charge in [-0.25, -0.2) is 0 Å². The molecule has 4 rings (SSSR count). The van der Waals surface area contributed by atoms with Crippen molar-refractivity contribution in [3.63, 3.8) is 0 Å². The molecule has 2 aromatic carbocycles. The van der Waals surface area contributed by atoms with Crippen LogP contribution in [0.2, 0.25) is 0 Å². The van der Waals surface area contributed by atoms with Crippen molar-refractivity contribution >= 4 is 11.6 Å². The molecule has 1 heterocycles. The van der Waals surface area contributed by atoms with Gasteiger partial charge in [-0.3, -0.25) is 4.79 Å². The van der Waals surface area contributed by atoms with Crippen LogP contribution in [0.3, 0.4) is 0 Å². The SMILES string of the molecule is O=C(Cc1ccc2c(c1)CCCC2)Nc1cccc(OCC2CCCO2)c1. The van der Waals surface area contributed by atoms with Crippen LogP contribution in [-0.4, -0.2) is 25.2 Å². The summed E-state index contributed by atoms with van der Waals surface area (Å²) in [5, 5.41) is 2.99. The van der Waals surface area contributed by atoms with Gasteiger partial charge >= 0.3 is 0 Å². The number of hydrogen-bond donors (Lipinski definition) is 1. The smallest absolute Gasteiger partial charge is 0.228 e. The Balaban J connectivity index is 1.33. The van der Waals surface area contributed by atoms with E-state index in [4.69, 9.17) is 9.47 Å². The second-order valence-corrected chi connectivity index (χ2v) is 7.51. The molecule has 0 saturated carbocycles. The van der Waals surface area contributed by atoms with Crippen molar-refractivity contribution in [1.82, 2.24) is 0 Å². The maximum absolute atomic E-state index is 12.5. The molecule has 4 nitrogen and oxygen atoms in total. The lowest BCUT2D eigenvalue weighted by Gasteiger charge is -2.16. The molecule has 2 aromatic rings. The molecule has 1 atom stereocenters. The third-order valence-corrected chi connectivity index (χ3v) is 5.36. The standard InChI is InChI=1S/C23H27NO3/c25-23(14-17-10-11-18-5-1-2-6-19(18)13-17)24-20-7-3-8-21(15-20)27-16-22-9-4-12-26-22/h3,7-8,10-11,13,15,22H,1-2,4-6,9,12,14,16H2,(H,24,25). The Labute approximate surface area is 160 Å². The van der Waals surface area contributed by atoms with E-state index in [1.807, 2.05) is 24.3 Å². The summed E-state index contributed by atoms with van der Waals surface area (Å²) in [4.78, 5) is 12.5. The van der Waals surface area contributed by atoms with Gasteiger partial charge < -0.3 is 14.8 Å². The fourth-order valence-electron chi connectivity index (χ4n) is 3.92. The number of aryl methyl sites for hydroxylation is 2. The topological polar surface area (TPSA) is 47.6 Å². The first-order chi connectivity index (χ1) is 13.3. The number of nitrogens with one attached hydrogen (secondary N) is 1. The highest BCUT2D eigenvalue weighted by atomic mass is 16.5. The predicted octanol–water partition coefficient (Wildman–Crippen LogP) is 4.30. The van der Waals surface area contributed by atoms with Crippen molar-refractivity contribution in [3.05, 3.63) is 59.2 Å². The molecule has 1 saturated heterocycles. The van der Waals surface area contributed by atoms with Gasteiger partial charge in [0, 0.05) is 18.4 Å². The molecule has 27 heavy (non-hydrogen) atoms. The van der Waals surface area contributed by atoms with Gasteiger partial charge in [0.2, 0.25) is 5.91 Å². The number of carbonyl (C=O) groups is 1. The first kappa shape index (κ1) is 18.1. The van der Waals surface area contributed by atoms with Gasteiger partial charge in [0.1, 0.15) is 12.4 Å². The molecule has 0 aromatic heterocycles. The zero-order valence-electron chi connectivity index (χ0n) is 15.7. The predicted molar refractivity (Wildman–Crippen MR) is 106 cm³/mol. The summed E-state index contributed by atoms with van der Waals surface area (Å²) in [5.74, 6) is 0.763. The molecular formula is C23H27NO3. The Hall–Kier alpha value is -2.33. The Morgan fingerprint density at radius 2 is 1.96 bits per heavy atom. The lowest BCUT2D eigenvalue weighted by Crippen LogP contribution is -2.17. The largest absolute Gasteiger partial charge is 0.491 e. The molecule has 0 spiro atoms. The van der Waals surface area contributed by atoms with Gasteiger partial charge in [0.25, 0.3) is 0 Å². The minimum absolute atomic E-state index is 0.00188. The Morgan fingerprint density at radius 3 is 2.81 bits per heavy atom. The van der Waals surface area contributed by atoms with E-state index in [1.54, 1.807) is 0 Å². The minimum atomic E-state index is 0.00188. The second-order valence-electron chi connectivity index (χ2n) is 7.51. The van der Waals surface area contributed by atoms with Crippen molar-refractivity contribution in [1.29, 1.82) is 0 Å². The number of amides is 1. The van der Waals surface area contributed by atoms with Crippen LogP contribution in [0.1, 0.15) is 42.4 Å². The Bertz CT molecular complexity index is 796. The summed E-state index contributed by atoms with van der Waals surface area (Å²) in [6.45, 7) is 1.39. The number of carbonyl (C=O) groups excluding carboxylic acids is 1. The van der Waals surface area contributed by atoms with Crippen LogP contribution >= 0.6 is 0 Å². The van der Waals surface area contributed by atoms with Crippen molar-refractivity contribution in [3.8, 4) is 5.75 Å². The van der Waals surface area contributed by atoms with Crippen molar-refractivity contribution in [2.75, 3.05) is 18.5 Å². The van der Waals surface area contributed by atoms with Gasteiger partial charge in [0.15, 0.2) is 0 Å². The summed E-state index contributed by atoms with van der Waals surface area (Å²) in [5.41, 5.74) is 4.71. The maximum Gasteiger partial charge on any atom is 0.228 e. The number of rotatable bonds is 6. The summed E-state index contributed by atoms with van der Waals surface area (Å²) >= 11 is 0. The molecule has 1 aliphatic carbocycles. The quantitative estimate of drug-likeness (QED) is 0.830. The second kappa shape index (κ2) is 8.57. The lowest BCUT2D eigenvalue weighted by molar-refractivity contribution is -0.115. The van der Waals surface area contributed by atoms with E-state index in [-0.39, 0.29) is 12.0 Å². The first-order valence-electron chi connectivity index (χ1n) is 10.0. The summed E-state index contributed by atoms with van der Waals surface area (Å²) in [7, 11) is 0. The van der Waals surface area contributed by atoms with E-state index in [0.29, 0.717) is 13.0 Å². The third-order valence-electron chi connectivity index (χ3n) is 5.36. The summed E-state index contributed by atoms with van der Waals surface area (Å²) < 4.78 is 11.4. The maximum atomic E-state index is 12.5. The molecule has 0 bridgehead atoms. The first-order valence-corrected chi connectivity index (χ1v) is 10.0. The van der Waals surface area contributed by atoms with Crippen LogP contribution < -0.4 is 10.1 Å². The van der Waals surface area contributed by atoms with E-state index in [2.05, 4.69) is 23.5 Å². The minimum Gasteiger partial charge on any atom is -0.491 e. The molecule has 142 valence electrons. The average Bonchev–Trinajstić information content (AvgIpc) is 3.20. The summed E-state index contributed by atoms with van der Waals surface area (Å²) in [6, 6.07) is 14.1. The molecule has 1 N–H and O–H groups in total. The highest BCUT2D eigenvalue weighted by Crippen LogP contribution is 2.23. The monoisotopic (exact) mass is 365 g/mol. The molecular weight excluding hydrogens is 338 g/mol. The zero-order valence-corrected chi connectivity index (χ0v) is 15.7. The van der Waals surface area contributed by atoms with E-state index in [1.165, 1.54) is 30.4 Å². The Kier molecular flexibility index (Phi) is 5.73. The van der Waals surface area contributed by atoms with Gasteiger partial charge in [0.05, 0.1) is 12.5 Å². The van der Waals surface area contributed by atoms with E-state index in [0.717, 1.165) is 42.9 Å². The number of anilines is 1. The van der Waals surface area contributed by atoms with E-state index < -0.39 is 0 Å². The summed E-state index contributed by atoms with van der Waals surface area (Å²) in [6.07, 6.45) is 7.57. The average molecular weight is 365 g/mol. The fourth-order valence-corrected chi connectivity index (χ4v) is 3.92. The number of hydrogen-bond acceptors (Lipinski definition) is 3. The zero-order chi connectivity index (χ0) is 18.5. The lowest BCUT2D eigenvalue weighted by atomic mass is 9.90. The van der Waals surface area contributed by atoms with Gasteiger partial charge in [-0.1, -0.05) is 24.3 Å². The molecule has 2 aliphatic rings. The fraction of sp³-hybridized carbons (Fsp3) is 0.435. The van der Waals surface area contributed by atoms with Crippen molar-refractivity contribution < 1.29 is 14.3 Å². The normalized spacial score (nSPS) is 18.7. The van der Waals surface area contributed by atoms with E-state index >= 15 is 0 Å². The molecule has 0 radical (unpaired) electrons. The van der Waals surface area contributed by atoms with Crippen LogP contribution in [0.5, 0.6) is 5.75 Å². The highest BCUT2D eigenvalue weighted by molar-refractivity contribution is 5.92. The Morgan fingerprint density at radius 1 is 1.07 bits per heavy atom. The number of ether oxygens (including phenoxy) is 2. The number of fused-ring (bicyclic) bond motifs is 1. The third kappa shape index (κ3) is 4.89. The molecule has 1 aliphatic heterocycles. The molecule has 1 unspecified atom stereocenters. The van der Waals surface area contributed by atoms with Crippen LogP contribution in [0, 0.1) is 0 Å². The molecule has 4 heteroatoms. The van der Waals surface area contributed by atoms with Gasteiger partial charge in [-0.2, -0.15) is 0 Å². The van der Waals surface area contributed by atoms with Crippen LogP contribution in [0.4, 0.5) is 5.69 Å². The van der Waals surface area contributed by atoms with Gasteiger partial charge in [-0.15, -0.1) is 0 Å². The highest BCUT2D eigenvalue weighted by Gasteiger charge is 2.16. The van der Waals surface area contributed by atoms with Crippen LogP contribution in [0.15, 0.2) is 42.5 Å². The number of benzene rings is 2. The van der Waals surface area contributed by atoms with Crippen LogP contribution in [0.25, 0.3) is 0 Å². The van der Waals surface area contributed by atoms with E-state index in [9.17, 15) is 4.79 Å². The van der Waals surface area contributed by atoms with Crippen LogP contribution in [-0.2, 0) is 28.8 Å². The van der Waals surface area contributed by atoms with Crippen molar-refractivity contribution in [2.24, 2.45) is 0 Å².